The summed E-state index contributed by atoms with van der Waals surface area (Å²) in [6.45, 7) is 1.08. The van der Waals surface area contributed by atoms with Gasteiger partial charge in [-0.1, -0.05) is 13.0 Å². The van der Waals surface area contributed by atoms with E-state index in [4.69, 9.17) is 14.6 Å². The number of aromatic nitrogens is 2. The molecule has 0 aliphatic carbocycles. The standard InChI is InChI=1S/C21H21F6N3O4/c1-9-14(11-4-5-12(22)15(24)16(11)33-3)17(34-20(9,2)21(25,26)27)19(32)30-10-6-28-18(29-7-10)13(23)8-31/h4-7,9,13-14,17,31H,8H2,1-3H3,(H,30,32)/t9-,13-,14-,17+,20+/m0/s1. The summed E-state index contributed by atoms with van der Waals surface area (Å²) in [6, 6.07) is 1.76. The van der Waals surface area contributed by atoms with Crippen molar-refractivity contribution in [2.75, 3.05) is 19.0 Å². The Morgan fingerprint density at radius 3 is 2.44 bits per heavy atom. The van der Waals surface area contributed by atoms with Crippen LogP contribution in [0.5, 0.6) is 5.75 Å². The second kappa shape index (κ2) is 9.37. The molecule has 2 aromatic rings. The number of benzene rings is 1. The van der Waals surface area contributed by atoms with Crippen molar-refractivity contribution in [3.63, 3.8) is 0 Å². The molecule has 3 rings (SSSR count). The number of carbonyl (C=O) groups excluding carboxylic acids is 1. The molecule has 1 amide bonds. The molecular formula is C21H21F6N3O4. The highest BCUT2D eigenvalue weighted by molar-refractivity contribution is 5.95. The number of rotatable bonds is 6. The second-order valence-electron chi connectivity index (χ2n) is 7.91. The summed E-state index contributed by atoms with van der Waals surface area (Å²) in [5.41, 5.74) is -3.08. The van der Waals surface area contributed by atoms with E-state index in [1.807, 2.05) is 0 Å². The Kier molecular flexibility index (Phi) is 7.08. The minimum atomic E-state index is -4.91. The van der Waals surface area contributed by atoms with Crippen molar-refractivity contribution in [1.82, 2.24) is 9.97 Å². The fourth-order valence-electron chi connectivity index (χ4n) is 3.90. The number of nitrogens with zero attached hydrogens (tertiary/aromatic N) is 2. The number of methoxy groups -OCH3 is 1. The lowest BCUT2D eigenvalue weighted by atomic mass is 9.77. The Hall–Kier alpha value is -2.93. The van der Waals surface area contributed by atoms with Gasteiger partial charge in [-0.2, -0.15) is 17.6 Å². The summed E-state index contributed by atoms with van der Waals surface area (Å²) in [5.74, 6) is -7.56. The number of amides is 1. The van der Waals surface area contributed by atoms with Gasteiger partial charge in [0.15, 0.2) is 29.2 Å². The van der Waals surface area contributed by atoms with Crippen molar-refractivity contribution < 1.29 is 45.7 Å². The molecule has 13 heteroatoms. The van der Waals surface area contributed by atoms with Crippen LogP contribution in [0.15, 0.2) is 24.5 Å². The van der Waals surface area contributed by atoms with Crippen LogP contribution in [0.1, 0.15) is 37.3 Å². The number of nitrogens with one attached hydrogen (secondary N) is 1. The number of alkyl halides is 4. The maximum atomic E-state index is 14.3. The average molecular weight is 493 g/mol. The molecule has 0 spiro atoms. The summed E-state index contributed by atoms with van der Waals surface area (Å²) in [6.07, 6.45) is -6.57. The van der Waals surface area contributed by atoms with E-state index < -0.39 is 65.8 Å². The van der Waals surface area contributed by atoms with E-state index in [0.717, 1.165) is 38.6 Å². The van der Waals surface area contributed by atoms with Crippen molar-refractivity contribution >= 4 is 11.6 Å². The first-order valence-corrected chi connectivity index (χ1v) is 9.99. The highest BCUT2D eigenvalue weighted by Crippen LogP contribution is 2.55. The number of hydrogen-bond donors (Lipinski definition) is 2. The number of carbonyl (C=O) groups is 1. The van der Waals surface area contributed by atoms with Crippen LogP contribution in [0.4, 0.5) is 32.0 Å². The largest absolute Gasteiger partial charge is 0.493 e. The molecule has 0 bridgehead atoms. The molecule has 1 aliphatic rings. The van der Waals surface area contributed by atoms with Crippen molar-refractivity contribution in [3.8, 4) is 5.75 Å². The zero-order chi connectivity index (χ0) is 25.4. The van der Waals surface area contributed by atoms with Crippen LogP contribution in [-0.4, -0.2) is 52.6 Å². The predicted molar refractivity (Wildman–Crippen MR) is 106 cm³/mol. The molecule has 0 unspecified atom stereocenters. The zero-order valence-corrected chi connectivity index (χ0v) is 18.2. The Bertz CT molecular complexity index is 1050. The predicted octanol–water partition coefficient (Wildman–Crippen LogP) is 3.84. The highest BCUT2D eigenvalue weighted by Gasteiger charge is 2.65. The van der Waals surface area contributed by atoms with E-state index in [0.29, 0.717) is 0 Å². The summed E-state index contributed by atoms with van der Waals surface area (Å²) < 4.78 is 93.5. The van der Waals surface area contributed by atoms with Gasteiger partial charge in [0.2, 0.25) is 5.82 Å². The van der Waals surface area contributed by atoms with E-state index in [1.165, 1.54) is 6.92 Å². The molecular weight excluding hydrogens is 472 g/mol. The lowest BCUT2D eigenvalue weighted by Gasteiger charge is -2.32. The zero-order valence-electron chi connectivity index (χ0n) is 18.2. The summed E-state index contributed by atoms with van der Waals surface area (Å²) in [5, 5.41) is 11.1. The molecule has 0 saturated carbocycles. The third-order valence-electron chi connectivity index (χ3n) is 5.95. The monoisotopic (exact) mass is 493 g/mol. The third kappa shape index (κ3) is 4.41. The molecule has 1 fully saturated rings. The Morgan fingerprint density at radius 1 is 1.29 bits per heavy atom. The van der Waals surface area contributed by atoms with E-state index >= 15 is 0 Å². The van der Waals surface area contributed by atoms with Crippen LogP contribution in [0.25, 0.3) is 0 Å². The van der Waals surface area contributed by atoms with Crippen LogP contribution in [-0.2, 0) is 9.53 Å². The first kappa shape index (κ1) is 25.7. The van der Waals surface area contributed by atoms with Crippen LogP contribution in [0, 0.1) is 17.6 Å². The lowest BCUT2D eigenvalue weighted by molar-refractivity contribution is -0.272. The van der Waals surface area contributed by atoms with E-state index in [2.05, 4.69) is 15.3 Å². The molecule has 5 atom stereocenters. The Labute approximate surface area is 190 Å². The van der Waals surface area contributed by atoms with Gasteiger partial charge in [0, 0.05) is 17.4 Å². The number of anilines is 1. The topological polar surface area (TPSA) is 93.6 Å². The number of hydrogen-bond acceptors (Lipinski definition) is 6. The van der Waals surface area contributed by atoms with Gasteiger partial charge in [-0.3, -0.25) is 4.79 Å². The minimum Gasteiger partial charge on any atom is -0.493 e. The SMILES string of the molecule is COc1c([C@H]2[C@H](C(=O)Nc3cnc([C@@H](F)CO)nc3)O[C@@](C)(C(F)(F)F)[C@H]2C)ccc(F)c1F. The maximum absolute atomic E-state index is 14.3. The van der Waals surface area contributed by atoms with Crippen LogP contribution in [0.3, 0.4) is 0 Å². The van der Waals surface area contributed by atoms with E-state index in [1.54, 1.807) is 0 Å². The Balaban J connectivity index is 2.01. The summed E-state index contributed by atoms with van der Waals surface area (Å²) >= 11 is 0. The number of halogens is 6. The molecule has 1 aromatic carbocycles. The quantitative estimate of drug-likeness (QED) is 0.594. The molecule has 1 aromatic heterocycles. The first-order valence-electron chi connectivity index (χ1n) is 9.99. The van der Waals surface area contributed by atoms with Crippen molar-refractivity contribution in [2.24, 2.45) is 5.92 Å². The fraction of sp³-hybridized carbons (Fsp3) is 0.476. The smallest absolute Gasteiger partial charge is 0.417 e. The van der Waals surface area contributed by atoms with Gasteiger partial charge >= 0.3 is 6.18 Å². The molecule has 2 N–H and O–H groups in total. The van der Waals surface area contributed by atoms with Gasteiger partial charge in [-0.05, 0) is 13.0 Å². The molecule has 2 heterocycles. The van der Waals surface area contributed by atoms with Crippen LogP contribution < -0.4 is 10.1 Å². The molecule has 1 aliphatic heterocycles. The van der Waals surface area contributed by atoms with Gasteiger partial charge in [0.1, 0.15) is 6.10 Å². The van der Waals surface area contributed by atoms with Crippen LogP contribution >= 0.6 is 0 Å². The third-order valence-corrected chi connectivity index (χ3v) is 5.95. The molecule has 7 nitrogen and oxygen atoms in total. The van der Waals surface area contributed by atoms with Gasteiger partial charge in [-0.25, -0.2) is 18.7 Å². The summed E-state index contributed by atoms with van der Waals surface area (Å²) in [7, 11) is 1.02. The Morgan fingerprint density at radius 2 is 1.91 bits per heavy atom. The van der Waals surface area contributed by atoms with Crippen molar-refractivity contribution in [3.05, 3.63) is 47.5 Å². The van der Waals surface area contributed by atoms with Crippen LogP contribution in [0.2, 0.25) is 0 Å². The number of aliphatic hydroxyl groups excluding tert-OH is 1. The molecule has 34 heavy (non-hydrogen) atoms. The highest BCUT2D eigenvalue weighted by atomic mass is 19.4. The molecule has 1 saturated heterocycles. The van der Waals surface area contributed by atoms with Gasteiger partial charge in [0.25, 0.3) is 5.91 Å². The average Bonchev–Trinajstić information content (AvgIpc) is 3.07. The lowest BCUT2D eigenvalue weighted by Crippen LogP contribution is -2.47. The first-order chi connectivity index (χ1) is 15.9. The number of aliphatic hydroxyl groups is 1. The van der Waals surface area contributed by atoms with Gasteiger partial charge < -0.3 is 19.9 Å². The number of ether oxygens (including phenoxy) is 2. The van der Waals surface area contributed by atoms with E-state index in [-0.39, 0.29) is 17.1 Å². The maximum Gasteiger partial charge on any atom is 0.417 e. The summed E-state index contributed by atoms with van der Waals surface area (Å²) in [4.78, 5) is 20.3. The van der Waals surface area contributed by atoms with Gasteiger partial charge in [0.05, 0.1) is 31.8 Å². The minimum absolute atomic E-state index is 0.0910. The van der Waals surface area contributed by atoms with Crippen molar-refractivity contribution in [2.45, 2.75) is 43.8 Å². The molecule has 0 radical (unpaired) electrons. The van der Waals surface area contributed by atoms with Gasteiger partial charge in [-0.15, -0.1) is 0 Å². The van der Waals surface area contributed by atoms with E-state index in [9.17, 15) is 31.1 Å². The fourth-order valence-corrected chi connectivity index (χ4v) is 3.90. The van der Waals surface area contributed by atoms with Crippen molar-refractivity contribution in [1.29, 1.82) is 0 Å². The second-order valence-corrected chi connectivity index (χ2v) is 7.91. The molecule has 186 valence electrons. The normalized spacial score (nSPS) is 25.8.